The number of azo groups is 1. The van der Waals surface area contributed by atoms with E-state index in [1.165, 1.54) is 13.2 Å². The van der Waals surface area contributed by atoms with Gasteiger partial charge in [0.25, 0.3) is 0 Å². The van der Waals surface area contributed by atoms with E-state index in [9.17, 15) is 4.39 Å². The maximum Gasteiger partial charge on any atom is 0.166 e. The highest BCUT2D eigenvalue weighted by Crippen LogP contribution is 2.44. The lowest BCUT2D eigenvalue weighted by Crippen LogP contribution is -2.10. The van der Waals surface area contributed by atoms with E-state index in [2.05, 4.69) is 10.2 Å². The molecule has 0 bridgehead atoms. The average Bonchev–Trinajstić information content (AvgIpc) is 2.75. The molecule has 126 valence electrons. The summed E-state index contributed by atoms with van der Waals surface area (Å²) in [5.74, 6) is 0.500. The van der Waals surface area contributed by atoms with E-state index < -0.39 is 6.04 Å². The minimum Gasteiger partial charge on any atom is -0.493 e. The minimum absolute atomic E-state index is 0.117. The van der Waals surface area contributed by atoms with Crippen LogP contribution in [-0.2, 0) is 6.42 Å². The van der Waals surface area contributed by atoms with Crippen molar-refractivity contribution in [2.75, 3.05) is 14.2 Å². The highest BCUT2D eigenvalue weighted by atomic mass is 35.5. The van der Waals surface area contributed by atoms with Crippen molar-refractivity contribution in [3.8, 4) is 11.5 Å². The molecule has 0 saturated heterocycles. The number of benzene rings is 2. The predicted molar refractivity (Wildman–Crippen MR) is 90.8 cm³/mol. The molecule has 2 atom stereocenters. The minimum atomic E-state index is -0.471. The van der Waals surface area contributed by atoms with Crippen molar-refractivity contribution in [3.05, 3.63) is 57.9 Å². The lowest BCUT2D eigenvalue weighted by atomic mass is 9.91. The van der Waals surface area contributed by atoms with Crippen molar-refractivity contribution >= 4 is 11.6 Å². The smallest absolute Gasteiger partial charge is 0.166 e. The van der Waals surface area contributed by atoms with Crippen LogP contribution < -0.4 is 9.47 Å². The third kappa shape index (κ3) is 2.96. The molecule has 3 rings (SSSR count). The van der Waals surface area contributed by atoms with E-state index in [1.54, 1.807) is 19.2 Å². The zero-order valence-electron chi connectivity index (χ0n) is 13.7. The summed E-state index contributed by atoms with van der Waals surface area (Å²) in [6.45, 7) is 1.91. The zero-order chi connectivity index (χ0) is 17.3. The third-order valence-corrected chi connectivity index (χ3v) is 4.35. The molecule has 0 N–H and O–H groups in total. The van der Waals surface area contributed by atoms with Gasteiger partial charge >= 0.3 is 0 Å². The number of nitrogens with zero attached hydrogens (tertiary/aromatic N) is 2. The Hall–Kier alpha value is -2.14. The molecule has 0 saturated carbocycles. The lowest BCUT2D eigenvalue weighted by Gasteiger charge is -2.21. The summed E-state index contributed by atoms with van der Waals surface area (Å²) in [6, 6.07) is 8.06. The van der Waals surface area contributed by atoms with Crippen molar-refractivity contribution in [1.82, 2.24) is 0 Å². The Morgan fingerprint density at radius 1 is 1.12 bits per heavy atom. The molecular formula is C18H18ClFN2O2. The molecule has 24 heavy (non-hydrogen) atoms. The van der Waals surface area contributed by atoms with Gasteiger partial charge in [0.2, 0.25) is 0 Å². The zero-order valence-corrected chi connectivity index (χ0v) is 14.5. The Balaban J connectivity index is 2.27. The van der Waals surface area contributed by atoms with E-state index in [-0.39, 0.29) is 11.9 Å². The molecular weight excluding hydrogens is 331 g/mol. The van der Waals surface area contributed by atoms with Crippen LogP contribution in [0.5, 0.6) is 11.5 Å². The number of methoxy groups -OCH3 is 2. The number of halogens is 2. The molecule has 1 aliphatic heterocycles. The Morgan fingerprint density at radius 2 is 1.83 bits per heavy atom. The second kappa shape index (κ2) is 6.77. The number of rotatable bonds is 3. The third-order valence-electron chi connectivity index (χ3n) is 4.10. The highest BCUT2D eigenvalue weighted by molar-refractivity contribution is 6.30. The van der Waals surface area contributed by atoms with Gasteiger partial charge in [-0.3, -0.25) is 0 Å². The highest BCUT2D eigenvalue weighted by Gasteiger charge is 2.30. The molecule has 1 heterocycles. The standard InChI is InChI=1S/C18H18ClFN2O2/c1-10-8-13-14(20)9-15(23-2)18(24-3)16(13)17(22-21-10)11-4-6-12(19)7-5-11/h4-7,9-10,17H,8H2,1-3H3. The molecule has 2 aromatic rings. The Labute approximate surface area is 145 Å². The van der Waals surface area contributed by atoms with E-state index in [1.807, 2.05) is 19.1 Å². The van der Waals surface area contributed by atoms with Crippen LogP contribution in [0.25, 0.3) is 0 Å². The van der Waals surface area contributed by atoms with Crippen LogP contribution >= 0.6 is 11.6 Å². The summed E-state index contributed by atoms with van der Waals surface area (Å²) < 4.78 is 25.5. The number of fused-ring (bicyclic) bond motifs is 1. The molecule has 4 nitrogen and oxygen atoms in total. The largest absolute Gasteiger partial charge is 0.493 e. The van der Waals surface area contributed by atoms with Gasteiger partial charge in [-0.05, 0) is 36.6 Å². The maximum absolute atomic E-state index is 14.7. The lowest BCUT2D eigenvalue weighted by molar-refractivity contribution is 0.347. The molecule has 0 fully saturated rings. The molecule has 6 heteroatoms. The van der Waals surface area contributed by atoms with Gasteiger partial charge < -0.3 is 9.47 Å². The second-order valence-corrected chi connectivity index (χ2v) is 6.16. The number of hydrogen-bond acceptors (Lipinski definition) is 4. The summed E-state index contributed by atoms with van der Waals surface area (Å²) in [5, 5.41) is 9.40. The van der Waals surface area contributed by atoms with Crippen LogP contribution in [0, 0.1) is 5.82 Å². The summed E-state index contributed by atoms with van der Waals surface area (Å²) in [5.41, 5.74) is 2.08. The van der Waals surface area contributed by atoms with Gasteiger partial charge in [0.05, 0.1) is 20.3 Å². The molecule has 1 aliphatic rings. The fourth-order valence-electron chi connectivity index (χ4n) is 2.98. The van der Waals surface area contributed by atoms with Gasteiger partial charge in [0, 0.05) is 16.7 Å². The monoisotopic (exact) mass is 348 g/mol. The molecule has 2 unspecified atom stereocenters. The molecule has 0 radical (unpaired) electrons. The van der Waals surface area contributed by atoms with Gasteiger partial charge in [-0.2, -0.15) is 10.2 Å². The Bertz CT molecular complexity index is 778. The van der Waals surface area contributed by atoms with Gasteiger partial charge in [0.1, 0.15) is 11.9 Å². The first-order valence-electron chi connectivity index (χ1n) is 7.63. The van der Waals surface area contributed by atoms with Crippen LogP contribution in [-0.4, -0.2) is 20.3 Å². The first-order chi connectivity index (χ1) is 11.5. The van der Waals surface area contributed by atoms with Crippen molar-refractivity contribution < 1.29 is 13.9 Å². The average molecular weight is 349 g/mol. The topological polar surface area (TPSA) is 43.2 Å². The fourth-order valence-corrected chi connectivity index (χ4v) is 3.10. The summed E-state index contributed by atoms with van der Waals surface area (Å²) in [4.78, 5) is 0. The number of ether oxygens (including phenoxy) is 2. The van der Waals surface area contributed by atoms with Crippen molar-refractivity contribution in [3.63, 3.8) is 0 Å². The van der Waals surface area contributed by atoms with Gasteiger partial charge in [-0.1, -0.05) is 23.7 Å². The van der Waals surface area contributed by atoms with Crippen molar-refractivity contribution in [1.29, 1.82) is 0 Å². The first-order valence-corrected chi connectivity index (χ1v) is 8.01. The summed E-state index contributed by atoms with van der Waals surface area (Å²) in [7, 11) is 3.03. The van der Waals surface area contributed by atoms with Crippen LogP contribution in [0.4, 0.5) is 4.39 Å². The predicted octanol–water partition coefficient (Wildman–Crippen LogP) is 4.98. The normalized spacial score (nSPS) is 19.5. The Kier molecular flexibility index (Phi) is 4.71. The van der Waals surface area contributed by atoms with E-state index in [4.69, 9.17) is 21.1 Å². The molecule has 2 aromatic carbocycles. The van der Waals surface area contributed by atoms with Crippen molar-refractivity contribution in [2.45, 2.75) is 25.4 Å². The SMILES string of the molecule is COc1cc(F)c2c(c1OC)C(c1ccc(Cl)cc1)N=NC(C)C2. The van der Waals surface area contributed by atoms with Crippen LogP contribution in [0.2, 0.25) is 5.02 Å². The van der Waals surface area contributed by atoms with Gasteiger partial charge in [-0.15, -0.1) is 0 Å². The number of hydrogen-bond donors (Lipinski definition) is 0. The van der Waals surface area contributed by atoms with Crippen LogP contribution in [0.3, 0.4) is 0 Å². The van der Waals surface area contributed by atoms with E-state index >= 15 is 0 Å². The summed E-state index contributed by atoms with van der Waals surface area (Å²) in [6.07, 6.45) is 0.453. The molecule has 0 aliphatic carbocycles. The molecule has 0 aromatic heterocycles. The van der Waals surface area contributed by atoms with Crippen LogP contribution in [0.15, 0.2) is 40.6 Å². The molecule has 0 spiro atoms. The Morgan fingerprint density at radius 3 is 2.46 bits per heavy atom. The summed E-state index contributed by atoms with van der Waals surface area (Å²) >= 11 is 5.98. The molecule has 0 amide bonds. The second-order valence-electron chi connectivity index (χ2n) is 5.72. The van der Waals surface area contributed by atoms with Crippen LogP contribution in [0.1, 0.15) is 29.7 Å². The fraction of sp³-hybridized carbons (Fsp3) is 0.333. The first kappa shape index (κ1) is 16.7. The maximum atomic E-state index is 14.7. The van der Waals surface area contributed by atoms with Gasteiger partial charge in [0.15, 0.2) is 11.5 Å². The quantitative estimate of drug-likeness (QED) is 0.784. The van der Waals surface area contributed by atoms with E-state index in [0.29, 0.717) is 34.1 Å². The van der Waals surface area contributed by atoms with Crippen molar-refractivity contribution in [2.24, 2.45) is 10.2 Å². The van der Waals surface area contributed by atoms with E-state index in [0.717, 1.165) is 5.56 Å². The van der Waals surface area contributed by atoms with Gasteiger partial charge in [-0.25, -0.2) is 4.39 Å².